The van der Waals surface area contributed by atoms with E-state index in [-0.39, 0.29) is 30.3 Å². The van der Waals surface area contributed by atoms with Gasteiger partial charge in [0.15, 0.2) is 0 Å². The molecular formula is C24H30N2O3. The van der Waals surface area contributed by atoms with Crippen LogP contribution in [0.5, 0.6) is 5.75 Å². The van der Waals surface area contributed by atoms with Crippen molar-refractivity contribution in [1.82, 2.24) is 0 Å². The maximum absolute atomic E-state index is 12.7. The molecule has 1 aliphatic heterocycles. The Morgan fingerprint density at radius 1 is 1.10 bits per heavy atom. The lowest BCUT2D eigenvalue weighted by Crippen LogP contribution is -2.28. The molecule has 0 bridgehead atoms. The number of hydrogen-bond donors (Lipinski definition) is 1. The first kappa shape index (κ1) is 20.9. The molecule has 0 saturated carbocycles. The Labute approximate surface area is 173 Å². The van der Waals surface area contributed by atoms with Crippen molar-refractivity contribution in [3.05, 3.63) is 54.1 Å². The van der Waals surface area contributed by atoms with Gasteiger partial charge in [0.1, 0.15) is 5.75 Å². The molecule has 1 aliphatic rings. The number of carbonyl (C=O) groups excluding carboxylic acids is 2. The van der Waals surface area contributed by atoms with Gasteiger partial charge in [-0.15, -0.1) is 0 Å². The third-order valence-corrected chi connectivity index (χ3v) is 5.38. The lowest BCUT2D eigenvalue weighted by Gasteiger charge is -2.18. The lowest BCUT2D eigenvalue weighted by atomic mass is 9.98. The quantitative estimate of drug-likeness (QED) is 0.721. The number of nitrogens with one attached hydrogen (secondary N) is 1. The highest BCUT2D eigenvalue weighted by molar-refractivity contribution is 6.03. The van der Waals surface area contributed by atoms with Gasteiger partial charge in [-0.05, 0) is 68.1 Å². The molecule has 1 N–H and O–H groups in total. The fourth-order valence-electron chi connectivity index (χ4n) is 3.48. The summed E-state index contributed by atoms with van der Waals surface area (Å²) in [4.78, 5) is 26.8. The summed E-state index contributed by atoms with van der Waals surface area (Å²) in [5, 5.41) is 2.95. The molecule has 5 heteroatoms. The van der Waals surface area contributed by atoms with E-state index in [4.69, 9.17) is 4.74 Å². The average molecular weight is 395 g/mol. The number of benzene rings is 2. The van der Waals surface area contributed by atoms with Gasteiger partial charge in [-0.2, -0.15) is 0 Å². The minimum atomic E-state index is -0.358. The minimum Gasteiger partial charge on any atom is -0.491 e. The highest BCUT2D eigenvalue weighted by Crippen LogP contribution is 2.28. The summed E-state index contributed by atoms with van der Waals surface area (Å²) in [7, 11) is 0. The summed E-state index contributed by atoms with van der Waals surface area (Å²) >= 11 is 0. The fourth-order valence-corrected chi connectivity index (χ4v) is 3.48. The molecule has 154 valence electrons. The molecule has 2 atom stereocenters. The van der Waals surface area contributed by atoms with Gasteiger partial charge >= 0.3 is 0 Å². The molecule has 2 aromatic carbocycles. The molecule has 0 aliphatic carbocycles. The van der Waals surface area contributed by atoms with Crippen molar-refractivity contribution in [2.75, 3.05) is 16.8 Å². The van der Waals surface area contributed by atoms with Gasteiger partial charge in [-0.25, -0.2) is 0 Å². The van der Waals surface area contributed by atoms with Crippen molar-refractivity contribution in [3.63, 3.8) is 0 Å². The number of hydrogen-bond acceptors (Lipinski definition) is 3. The van der Waals surface area contributed by atoms with E-state index in [0.29, 0.717) is 12.5 Å². The zero-order valence-corrected chi connectivity index (χ0v) is 17.6. The Kier molecular flexibility index (Phi) is 6.57. The maximum Gasteiger partial charge on any atom is 0.229 e. The molecule has 1 heterocycles. The van der Waals surface area contributed by atoms with E-state index in [1.807, 2.05) is 50.2 Å². The minimum absolute atomic E-state index is 0.0326. The Bertz CT molecular complexity index is 843. The molecule has 29 heavy (non-hydrogen) atoms. The predicted molar refractivity (Wildman–Crippen MR) is 116 cm³/mol. The monoisotopic (exact) mass is 394 g/mol. The normalized spacial score (nSPS) is 17.5. The second-order valence-corrected chi connectivity index (χ2v) is 7.99. The Balaban J connectivity index is 1.61. The molecule has 1 fully saturated rings. The van der Waals surface area contributed by atoms with E-state index in [0.717, 1.165) is 23.5 Å². The van der Waals surface area contributed by atoms with Crippen LogP contribution in [0.1, 0.15) is 52.0 Å². The molecule has 2 aromatic rings. The van der Waals surface area contributed by atoms with Crippen LogP contribution in [0.3, 0.4) is 0 Å². The first-order valence-electron chi connectivity index (χ1n) is 10.3. The van der Waals surface area contributed by atoms with Crippen LogP contribution in [0.2, 0.25) is 0 Å². The van der Waals surface area contributed by atoms with Crippen LogP contribution >= 0.6 is 0 Å². The maximum atomic E-state index is 12.7. The van der Waals surface area contributed by atoms with Crippen molar-refractivity contribution in [1.29, 1.82) is 0 Å². The van der Waals surface area contributed by atoms with E-state index >= 15 is 0 Å². The average Bonchev–Trinajstić information content (AvgIpc) is 3.10. The summed E-state index contributed by atoms with van der Waals surface area (Å²) in [6.45, 7) is 8.68. The second kappa shape index (κ2) is 9.12. The zero-order valence-electron chi connectivity index (χ0n) is 17.6. The van der Waals surface area contributed by atoms with E-state index in [1.165, 1.54) is 5.56 Å². The van der Waals surface area contributed by atoms with Gasteiger partial charge in [0.05, 0.1) is 12.0 Å². The highest BCUT2D eigenvalue weighted by atomic mass is 16.5. The third-order valence-electron chi connectivity index (χ3n) is 5.38. The van der Waals surface area contributed by atoms with Crippen molar-refractivity contribution in [3.8, 4) is 5.75 Å². The smallest absolute Gasteiger partial charge is 0.229 e. The van der Waals surface area contributed by atoms with Crippen molar-refractivity contribution in [2.45, 2.75) is 52.6 Å². The molecular weight excluding hydrogens is 364 g/mol. The molecule has 0 aromatic heterocycles. The van der Waals surface area contributed by atoms with Gasteiger partial charge in [0.2, 0.25) is 11.8 Å². The third kappa shape index (κ3) is 5.17. The standard InChI is InChI=1S/C24H30N2O3/c1-5-17(4)18-6-8-20(9-7-18)25-24(28)19-14-23(27)26(15-19)21-10-12-22(13-11-21)29-16(2)3/h6-13,16-17,19H,5,14-15H2,1-4H3,(H,25,28)/t17-,19+/m0/s1. The van der Waals surface area contributed by atoms with Crippen LogP contribution in [-0.4, -0.2) is 24.5 Å². The van der Waals surface area contributed by atoms with Crippen molar-refractivity contribution in [2.24, 2.45) is 5.92 Å². The first-order chi connectivity index (χ1) is 13.9. The summed E-state index contributed by atoms with van der Waals surface area (Å²) < 4.78 is 5.65. The molecule has 1 saturated heterocycles. The SMILES string of the molecule is CC[C@H](C)c1ccc(NC(=O)[C@@H]2CC(=O)N(c3ccc(OC(C)C)cc3)C2)cc1. The van der Waals surface area contributed by atoms with Crippen LogP contribution in [-0.2, 0) is 9.59 Å². The van der Waals surface area contributed by atoms with Gasteiger partial charge < -0.3 is 15.0 Å². The molecule has 0 radical (unpaired) electrons. The van der Waals surface area contributed by atoms with Gasteiger partial charge in [0, 0.05) is 24.3 Å². The van der Waals surface area contributed by atoms with Crippen LogP contribution in [0.15, 0.2) is 48.5 Å². The van der Waals surface area contributed by atoms with E-state index in [1.54, 1.807) is 4.90 Å². The molecule has 0 spiro atoms. The summed E-state index contributed by atoms with van der Waals surface area (Å²) in [6.07, 6.45) is 1.40. The van der Waals surface area contributed by atoms with E-state index < -0.39 is 0 Å². The van der Waals surface area contributed by atoms with Gasteiger partial charge in [-0.3, -0.25) is 9.59 Å². The summed E-state index contributed by atoms with van der Waals surface area (Å²) in [5.41, 5.74) is 2.82. The first-order valence-corrected chi connectivity index (χ1v) is 10.3. The van der Waals surface area contributed by atoms with Crippen LogP contribution in [0.4, 0.5) is 11.4 Å². The number of ether oxygens (including phenoxy) is 1. The predicted octanol–water partition coefficient (Wildman–Crippen LogP) is 4.98. The lowest BCUT2D eigenvalue weighted by molar-refractivity contribution is -0.122. The Morgan fingerprint density at radius 3 is 2.34 bits per heavy atom. The number of rotatable bonds is 7. The van der Waals surface area contributed by atoms with Crippen molar-refractivity contribution < 1.29 is 14.3 Å². The number of carbonyl (C=O) groups is 2. The Hall–Kier alpha value is -2.82. The summed E-state index contributed by atoms with van der Waals surface area (Å²) in [5.74, 6) is 0.763. The number of nitrogens with zero attached hydrogens (tertiary/aromatic N) is 1. The fraction of sp³-hybridized carbons (Fsp3) is 0.417. The molecule has 2 amide bonds. The molecule has 0 unspecified atom stereocenters. The van der Waals surface area contributed by atoms with Crippen molar-refractivity contribution >= 4 is 23.2 Å². The second-order valence-electron chi connectivity index (χ2n) is 7.99. The van der Waals surface area contributed by atoms with Crippen LogP contribution in [0.25, 0.3) is 0 Å². The van der Waals surface area contributed by atoms with Crippen LogP contribution in [0, 0.1) is 5.92 Å². The van der Waals surface area contributed by atoms with Gasteiger partial charge in [-0.1, -0.05) is 26.0 Å². The Morgan fingerprint density at radius 2 is 1.76 bits per heavy atom. The highest BCUT2D eigenvalue weighted by Gasteiger charge is 2.35. The van der Waals surface area contributed by atoms with Crippen LogP contribution < -0.4 is 15.0 Å². The molecule has 3 rings (SSSR count). The topological polar surface area (TPSA) is 58.6 Å². The molecule has 5 nitrogen and oxygen atoms in total. The largest absolute Gasteiger partial charge is 0.491 e. The zero-order chi connectivity index (χ0) is 21.0. The van der Waals surface area contributed by atoms with E-state index in [2.05, 4.69) is 31.3 Å². The number of amides is 2. The van der Waals surface area contributed by atoms with Gasteiger partial charge in [0.25, 0.3) is 0 Å². The van der Waals surface area contributed by atoms with E-state index in [9.17, 15) is 9.59 Å². The summed E-state index contributed by atoms with van der Waals surface area (Å²) in [6, 6.07) is 15.4. The number of anilines is 2.